The van der Waals surface area contributed by atoms with Crippen molar-refractivity contribution in [2.45, 2.75) is 55.9 Å². The van der Waals surface area contributed by atoms with Crippen LogP contribution in [0.2, 0.25) is 0 Å². The van der Waals surface area contributed by atoms with Crippen molar-refractivity contribution in [3.05, 3.63) is 100 Å². The van der Waals surface area contributed by atoms with Crippen molar-refractivity contribution in [2.75, 3.05) is 0 Å². The van der Waals surface area contributed by atoms with Crippen LogP contribution < -0.4 is 5.56 Å². The zero-order chi connectivity index (χ0) is 25.9. The first-order chi connectivity index (χ1) is 17.3. The van der Waals surface area contributed by atoms with Crippen LogP contribution in [0.15, 0.2) is 87.6 Å². The van der Waals surface area contributed by atoms with E-state index in [0.29, 0.717) is 12.2 Å². The Bertz CT molecular complexity index is 1530. The lowest BCUT2D eigenvalue weighted by atomic mass is 10.0. The summed E-state index contributed by atoms with van der Waals surface area (Å²) in [5.74, 6) is -0.232. The molecule has 36 heavy (non-hydrogen) atoms. The van der Waals surface area contributed by atoms with Gasteiger partial charge in [-0.3, -0.25) is 14.3 Å². The molecule has 0 aliphatic heterocycles. The standard InChI is InChI=1S/C28H29N3O4S/c1-4-5-11-25-30-27(32)26(28(33)31(25)20(3)21-9-7-6-8-10-21)36(34,35)23-14-12-22(13-15-23)24-16-17-29-18-19(24)2/h6-10,12-18,20,33H,4-5,11H2,1-3H3. The molecule has 0 saturated carbocycles. The number of nitrogens with zero attached hydrogens (tertiary/aromatic N) is 3. The second-order valence-electron chi connectivity index (χ2n) is 8.76. The van der Waals surface area contributed by atoms with Gasteiger partial charge in [0.1, 0.15) is 5.82 Å². The normalized spacial score (nSPS) is 12.4. The van der Waals surface area contributed by atoms with Gasteiger partial charge >= 0.3 is 0 Å². The number of hydrogen-bond acceptors (Lipinski definition) is 6. The van der Waals surface area contributed by atoms with E-state index in [1.807, 2.05) is 57.2 Å². The van der Waals surface area contributed by atoms with E-state index in [1.165, 1.54) is 16.7 Å². The quantitative estimate of drug-likeness (QED) is 0.359. The molecule has 0 radical (unpaired) electrons. The van der Waals surface area contributed by atoms with Gasteiger partial charge < -0.3 is 5.11 Å². The summed E-state index contributed by atoms with van der Waals surface area (Å²) in [7, 11) is -4.34. The fraction of sp³-hybridized carbons (Fsp3) is 0.250. The Kier molecular flexibility index (Phi) is 7.35. The van der Waals surface area contributed by atoms with Gasteiger partial charge in [-0.15, -0.1) is 0 Å². The average Bonchev–Trinajstić information content (AvgIpc) is 2.87. The Hall–Kier alpha value is -3.78. The molecule has 0 aliphatic rings. The predicted molar refractivity (Wildman–Crippen MR) is 139 cm³/mol. The molecule has 8 heteroatoms. The Labute approximate surface area is 211 Å². The van der Waals surface area contributed by atoms with Gasteiger partial charge in [0.25, 0.3) is 5.56 Å². The van der Waals surface area contributed by atoms with Gasteiger partial charge in [0.05, 0.1) is 10.9 Å². The minimum absolute atomic E-state index is 0.0904. The van der Waals surface area contributed by atoms with Crippen LogP contribution in [0.5, 0.6) is 5.88 Å². The fourth-order valence-corrected chi connectivity index (χ4v) is 5.66. The van der Waals surface area contributed by atoms with Crippen LogP contribution in [-0.2, 0) is 16.3 Å². The second kappa shape index (κ2) is 10.5. The van der Waals surface area contributed by atoms with Crippen LogP contribution in [0.25, 0.3) is 11.1 Å². The molecule has 4 aromatic rings. The molecule has 1 atom stereocenters. The monoisotopic (exact) mass is 503 g/mol. The molecule has 0 amide bonds. The van der Waals surface area contributed by atoms with Crippen molar-refractivity contribution in [1.29, 1.82) is 0 Å². The number of sulfone groups is 1. The second-order valence-corrected chi connectivity index (χ2v) is 10.7. The van der Waals surface area contributed by atoms with Gasteiger partial charge in [-0.2, -0.15) is 4.98 Å². The van der Waals surface area contributed by atoms with E-state index in [4.69, 9.17) is 0 Å². The van der Waals surface area contributed by atoms with Crippen molar-refractivity contribution < 1.29 is 13.5 Å². The van der Waals surface area contributed by atoms with Gasteiger partial charge in [-0.05, 0) is 60.7 Å². The highest BCUT2D eigenvalue weighted by Crippen LogP contribution is 2.32. The summed E-state index contributed by atoms with van der Waals surface area (Å²) in [5.41, 5.74) is 2.61. The Morgan fingerprint density at radius 1 is 1.03 bits per heavy atom. The van der Waals surface area contributed by atoms with Crippen molar-refractivity contribution in [1.82, 2.24) is 14.5 Å². The van der Waals surface area contributed by atoms with Crippen molar-refractivity contribution in [3.63, 3.8) is 0 Å². The molecular formula is C28H29N3O4S. The van der Waals surface area contributed by atoms with E-state index in [0.717, 1.165) is 35.1 Å². The summed E-state index contributed by atoms with van der Waals surface area (Å²) in [4.78, 5) is 20.5. The van der Waals surface area contributed by atoms with Crippen LogP contribution in [-0.4, -0.2) is 28.1 Å². The number of aromatic nitrogens is 3. The van der Waals surface area contributed by atoms with Gasteiger partial charge in [0.2, 0.25) is 15.7 Å². The summed E-state index contributed by atoms with van der Waals surface area (Å²) in [5, 5.41) is 11.3. The molecule has 0 spiro atoms. The lowest BCUT2D eigenvalue weighted by Crippen LogP contribution is -2.27. The number of aromatic hydroxyl groups is 1. The lowest BCUT2D eigenvalue weighted by Gasteiger charge is -2.23. The van der Waals surface area contributed by atoms with E-state index >= 15 is 0 Å². The van der Waals surface area contributed by atoms with Crippen LogP contribution >= 0.6 is 0 Å². The first kappa shape index (κ1) is 25.3. The lowest BCUT2D eigenvalue weighted by molar-refractivity contribution is 0.369. The van der Waals surface area contributed by atoms with E-state index in [-0.39, 0.29) is 4.90 Å². The maximum atomic E-state index is 13.6. The van der Waals surface area contributed by atoms with Crippen LogP contribution in [0.3, 0.4) is 0 Å². The van der Waals surface area contributed by atoms with Crippen LogP contribution in [0, 0.1) is 6.92 Å². The summed E-state index contributed by atoms with van der Waals surface area (Å²) >= 11 is 0. The maximum Gasteiger partial charge on any atom is 0.296 e. The molecule has 7 nitrogen and oxygen atoms in total. The number of pyridine rings is 1. The summed E-state index contributed by atoms with van der Waals surface area (Å²) in [6, 6.07) is 17.1. The predicted octanol–water partition coefficient (Wildman–Crippen LogP) is 5.10. The topological polar surface area (TPSA) is 102 Å². The highest BCUT2D eigenvalue weighted by Gasteiger charge is 2.31. The van der Waals surface area contributed by atoms with E-state index in [2.05, 4.69) is 9.97 Å². The third kappa shape index (κ3) is 4.81. The maximum absolute atomic E-state index is 13.6. The van der Waals surface area contributed by atoms with Gasteiger partial charge in [0, 0.05) is 18.8 Å². The number of hydrogen-bond donors (Lipinski definition) is 1. The minimum Gasteiger partial charge on any atom is -0.493 e. The minimum atomic E-state index is -4.34. The van der Waals surface area contributed by atoms with Crippen molar-refractivity contribution in [3.8, 4) is 17.0 Å². The molecule has 1 unspecified atom stereocenters. The fourth-order valence-electron chi connectivity index (χ4n) is 4.31. The number of benzene rings is 2. The SMILES string of the molecule is CCCCc1nc(=O)c(S(=O)(=O)c2ccc(-c3ccncc3C)cc2)c(O)n1C(C)c1ccccc1. The van der Waals surface area contributed by atoms with E-state index < -0.39 is 32.2 Å². The largest absolute Gasteiger partial charge is 0.493 e. The molecule has 4 rings (SSSR count). The third-order valence-corrected chi connectivity index (χ3v) is 8.11. The zero-order valence-electron chi connectivity index (χ0n) is 20.5. The first-order valence-corrected chi connectivity index (χ1v) is 13.4. The van der Waals surface area contributed by atoms with Crippen LogP contribution in [0.1, 0.15) is 49.7 Å². The molecule has 2 heterocycles. The highest BCUT2D eigenvalue weighted by atomic mass is 32.2. The molecule has 0 aliphatic carbocycles. The number of rotatable bonds is 8. The Morgan fingerprint density at radius 2 is 1.72 bits per heavy atom. The molecule has 1 N–H and O–H groups in total. The molecule has 2 aromatic carbocycles. The Balaban J connectivity index is 1.84. The smallest absolute Gasteiger partial charge is 0.296 e. The number of aryl methyl sites for hydroxylation is 2. The van der Waals surface area contributed by atoms with Gasteiger partial charge in [-0.1, -0.05) is 55.8 Å². The summed E-state index contributed by atoms with van der Waals surface area (Å²) < 4.78 is 28.7. The molecule has 186 valence electrons. The summed E-state index contributed by atoms with van der Waals surface area (Å²) in [6.45, 7) is 5.78. The molecule has 0 fully saturated rings. The first-order valence-electron chi connectivity index (χ1n) is 11.9. The number of unbranched alkanes of at least 4 members (excludes halogenated alkanes) is 1. The van der Waals surface area contributed by atoms with Gasteiger partial charge in [0.15, 0.2) is 4.90 Å². The molecular weight excluding hydrogens is 474 g/mol. The molecule has 0 saturated heterocycles. The van der Waals surface area contributed by atoms with E-state index in [1.54, 1.807) is 24.5 Å². The third-order valence-electron chi connectivity index (χ3n) is 6.32. The van der Waals surface area contributed by atoms with E-state index in [9.17, 15) is 18.3 Å². The molecule has 2 aromatic heterocycles. The van der Waals surface area contributed by atoms with Gasteiger partial charge in [-0.25, -0.2) is 8.42 Å². The van der Waals surface area contributed by atoms with Crippen LogP contribution in [0.4, 0.5) is 0 Å². The molecule has 0 bridgehead atoms. The van der Waals surface area contributed by atoms with Crippen molar-refractivity contribution in [2.24, 2.45) is 0 Å². The van der Waals surface area contributed by atoms with Crippen molar-refractivity contribution >= 4 is 9.84 Å². The summed E-state index contributed by atoms with van der Waals surface area (Å²) in [6.07, 6.45) is 5.46. The zero-order valence-corrected chi connectivity index (χ0v) is 21.4. The average molecular weight is 504 g/mol. The highest BCUT2D eigenvalue weighted by molar-refractivity contribution is 7.91. The Morgan fingerprint density at radius 3 is 2.36 bits per heavy atom.